The van der Waals surface area contributed by atoms with Crippen LogP contribution in [0.1, 0.15) is 18.1 Å². The van der Waals surface area contributed by atoms with Crippen molar-refractivity contribution in [3.8, 4) is 17.2 Å². The molecule has 1 heterocycles. The van der Waals surface area contributed by atoms with Gasteiger partial charge in [0.1, 0.15) is 19.0 Å². The van der Waals surface area contributed by atoms with E-state index in [0.717, 1.165) is 28.6 Å². The van der Waals surface area contributed by atoms with Crippen LogP contribution in [-0.2, 0) is 4.79 Å². The zero-order valence-corrected chi connectivity index (χ0v) is 18.5. The molecule has 0 spiro atoms. The Morgan fingerprint density at radius 2 is 1.97 bits per heavy atom. The Bertz CT molecular complexity index is 962. The first-order chi connectivity index (χ1) is 14.0. The fourth-order valence-corrected chi connectivity index (χ4v) is 3.95. The fourth-order valence-electron chi connectivity index (χ4n) is 2.68. The topological polar surface area (TPSA) is 80.6 Å². The molecule has 1 amide bonds. The minimum Gasteiger partial charge on any atom is -0.490 e. The summed E-state index contributed by atoms with van der Waals surface area (Å²) >= 11 is 4.62. The number of amides is 1. The Morgan fingerprint density at radius 1 is 1.17 bits per heavy atom. The summed E-state index contributed by atoms with van der Waals surface area (Å²) in [6.07, 6.45) is 1.72. The number of nitrogens with one attached hydrogen (secondary N) is 2. The summed E-state index contributed by atoms with van der Waals surface area (Å²) in [6, 6.07) is 11.5. The molecule has 0 aliphatic carbocycles. The van der Waals surface area contributed by atoms with Crippen LogP contribution >= 0.6 is 27.7 Å². The maximum Gasteiger partial charge on any atom is 0.264 e. The molecule has 8 heteroatoms. The van der Waals surface area contributed by atoms with Crippen molar-refractivity contribution >= 4 is 44.8 Å². The van der Waals surface area contributed by atoms with Gasteiger partial charge in [0, 0.05) is 0 Å². The molecule has 152 valence electrons. The first-order valence-electron chi connectivity index (χ1n) is 9.04. The number of ether oxygens (including phenoxy) is 3. The fraction of sp³-hybridized carbons (Fsp3) is 0.238. The highest BCUT2D eigenvalue weighted by atomic mass is 79.9. The number of thioether (sulfide) groups is 1. The van der Waals surface area contributed by atoms with E-state index in [-0.39, 0.29) is 11.1 Å². The van der Waals surface area contributed by atoms with E-state index in [1.807, 2.05) is 50.2 Å². The molecule has 2 N–H and O–H groups in total. The summed E-state index contributed by atoms with van der Waals surface area (Å²) in [6.45, 7) is 5.13. The lowest BCUT2D eigenvalue weighted by Gasteiger charge is -2.15. The minimum absolute atomic E-state index is 0.124. The number of carbonyl (C=O) groups is 1. The van der Waals surface area contributed by atoms with Gasteiger partial charge in [-0.2, -0.15) is 0 Å². The van der Waals surface area contributed by atoms with Crippen molar-refractivity contribution < 1.29 is 19.0 Å². The second kappa shape index (κ2) is 9.84. The number of aryl methyl sites for hydroxylation is 1. The predicted octanol–water partition coefficient (Wildman–Crippen LogP) is 4.75. The van der Waals surface area contributed by atoms with E-state index in [1.165, 1.54) is 0 Å². The van der Waals surface area contributed by atoms with E-state index in [1.54, 1.807) is 6.08 Å². The first-order valence-corrected chi connectivity index (χ1v) is 10.6. The number of halogens is 1. The third kappa shape index (κ3) is 5.77. The van der Waals surface area contributed by atoms with Gasteiger partial charge in [-0.15, -0.1) is 0 Å². The molecule has 2 aromatic carbocycles. The van der Waals surface area contributed by atoms with Gasteiger partial charge in [-0.3, -0.25) is 10.2 Å². The van der Waals surface area contributed by atoms with Gasteiger partial charge in [0.2, 0.25) is 0 Å². The average molecular weight is 477 g/mol. The quantitative estimate of drug-likeness (QED) is 0.424. The van der Waals surface area contributed by atoms with E-state index >= 15 is 0 Å². The number of hydrogen-bond donors (Lipinski definition) is 2. The molecular formula is C21H21BrN2O4S. The zero-order valence-electron chi connectivity index (χ0n) is 16.1. The number of hydrogen-bond acceptors (Lipinski definition) is 6. The molecule has 6 nitrogen and oxygen atoms in total. The summed E-state index contributed by atoms with van der Waals surface area (Å²) in [5.41, 5.74) is 1.91. The molecule has 1 aliphatic heterocycles. The zero-order chi connectivity index (χ0) is 20.8. The number of carbonyl (C=O) groups excluding carboxylic acids is 1. The summed E-state index contributed by atoms with van der Waals surface area (Å²) in [5, 5.41) is 10.1. The number of amidine groups is 1. The molecule has 0 saturated carbocycles. The molecule has 3 rings (SSSR count). The van der Waals surface area contributed by atoms with Crippen molar-refractivity contribution in [2.24, 2.45) is 0 Å². The standard InChI is InChI=1S/C21H21BrN2O4S/c1-3-26-17-11-14(12-18-20(25)24-21(23)29-18)10-16(22)19(17)28-8-7-27-15-6-4-5-13(2)9-15/h4-6,9-12H,3,7-8H2,1-2H3,(H2,23,24,25)/b18-12-. The van der Waals surface area contributed by atoms with Gasteiger partial charge in [0.15, 0.2) is 16.7 Å². The van der Waals surface area contributed by atoms with Gasteiger partial charge in [0.05, 0.1) is 16.0 Å². The van der Waals surface area contributed by atoms with Crippen LogP contribution in [0.4, 0.5) is 0 Å². The van der Waals surface area contributed by atoms with E-state index < -0.39 is 0 Å². The first kappa shape index (κ1) is 21.3. The molecule has 0 unspecified atom stereocenters. The Labute approximate surface area is 182 Å². The Kier molecular flexibility index (Phi) is 7.22. The van der Waals surface area contributed by atoms with Crippen molar-refractivity contribution in [1.29, 1.82) is 5.41 Å². The summed E-state index contributed by atoms with van der Waals surface area (Å²) in [4.78, 5) is 12.3. The molecule has 1 saturated heterocycles. The van der Waals surface area contributed by atoms with Gasteiger partial charge in [-0.25, -0.2) is 0 Å². The Balaban J connectivity index is 1.70. The summed E-state index contributed by atoms with van der Waals surface area (Å²) in [7, 11) is 0. The van der Waals surface area contributed by atoms with Crippen LogP contribution < -0.4 is 19.5 Å². The maximum absolute atomic E-state index is 11.8. The molecule has 0 radical (unpaired) electrons. The van der Waals surface area contributed by atoms with E-state index in [0.29, 0.717) is 40.7 Å². The highest BCUT2D eigenvalue weighted by Gasteiger charge is 2.22. The lowest BCUT2D eigenvalue weighted by atomic mass is 10.2. The van der Waals surface area contributed by atoms with Gasteiger partial charge in [-0.05, 0) is 83.0 Å². The van der Waals surface area contributed by atoms with E-state index in [2.05, 4.69) is 21.2 Å². The monoisotopic (exact) mass is 476 g/mol. The van der Waals surface area contributed by atoms with Crippen LogP contribution in [0.3, 0.4) is 0 Å². The van der Waals surface area contributed by atoms with Crippen molar-refractivity contribution in [1.82, 2.24) is 5.32 Å². The third-order valence-electron chi connectivity index (χ3n) is 3.88. The van der Waals surface area contributed by atoms with E-state index in [4.69, 9.17) is 19.6 Å². The van der Waals surface area contributed by atoms with Crippen LogP contribution in [0.25, 0.3) is 6.08 Å². The normalized spacial score (nSPS) is 14.8. The second-order valence-corrected chi connectivity index (χ2v) is 8.08. The van der Waals surface area contributed by atoms with Crippen LogP contribution in [0, 0.1) is 12.3 Å². The largest absolute Gasteiger partial charge is 0.490 e. The lowest BCUT2D eigenvalue weighted by Crippen LogP contribution is -2.18. The average Bonchev–Trinajstić information content (AvgIpc) is 2.97. The molecule has 1 aliphatic rings. The Morgan fingerprint density at radius 3 is 2.66 bits per heavy atom. The molecule has 2 aromatic rings. The van der Waals surface area contributed by atoms with Crippen molar-refractivity contribution in [3.63, 3.8) is 0 Å². The smallest absolute Gasteiger partial charge is 0.264 e. The Hall–Kier alpha value is -2.45. The highest BCUT2D eigenvalue weighted by molar-refractivity contribution is 9.10. The molecule has 0 atom stereocenters. The molecular weight excluding hydrogens is 456 g/mol. The SMILES string of the molecule is CCOc1cc(/C=C2\SC(=N)NC2=O)cc(Br)c1OCCOc1cccc(C)c1. The van der Waals surface area contributed by atoms with Crippen molar-refractivity contribution in [2.45, 2.75) is 13.8 Å². The minimum atomic E-state index is -0.275. The molecule has 0 aromatic heterocycles. The molecule has 29 heavy (non-hydrogen) atoms. The summed E-state index contributed by atoms with van der Waals surface area (Å²) in [5.74, 6) is 1.68. The predicted molar refractivity (Wildman–Crippen MR) is 119 cm³/mol. The number of rotatable bonds is 8. The highest BCUT2D eigenvalue weighted by Crippen LogP contribution is 2.38. The van der Waals surface area contributed by atoms with Gasteiger partial charge >= 0.3 is 0 Å². The van der Waals surface area contributed by atoms with E-state index in [9.17, 15) is 4.79 Å². The molecule has 0 bridgehead atoms. The van der Waals surface area contributed by atoms with Crippen LogP contribution in [-0.4, -0.2) is 30.9 Å². The number of benzene rings is 2. The van der Waals surface area contributed by atoms with Crippen LogP contribution in [0.5, 0.6) is 17.2 Å². The van der Waals surface area contributed by atoms with Crippen LogP contribution in [0.15, 0.2) is 45.8 Å². The van der Waals surface area contributed by atoms with Gasteiger partial charge in [-0.1, -0.05) is 12.1 Å². The van der Waals surface area contributed by atoms with Crippen LogP contribution in [0.2, 0.25) is 0 Å². The second-order valence-electron chi connectivity index (χ2n) is 6.17. The summed E-state index contributed by atoms with van der Waals surface area (Å²) < 4.78 is 18.1. The van der Waals surface area contributed by atoms with Crippen molar-refractivity contribution in [3.05, 3.63) is 56.9 Å². The van der Waals surface area contributed by atoms with Gasteiger partial charge in [0.25, 0.3) is 5.91 Å². The van der Waals surface area contributed by atoms with Gasteiger partial charge < -0.3 is 19.5 Å². The maximum atomic E-state index is 11.8. The van der Waals surface area contributed by atoms with Crippen molar-refractivity contribution in [2.75, 3.05) is 19.8 Å². The lowest BCUT2D eigenvalue weighted by molar-refractivity contribution is -0.115. The third-order valence-corrected chi connectivity index (χ3v) is 5.30. The molecule has 1 fully saturated rings.